The summed E-state index contributed by atoms with van der Waals surface area (Å²) in [5.41, 5.74) is -2.10. The molecule has 0 unspecified atom stereocenters. The smallest absolute Gasteiger partial charge is 0.416 e. The van der Waals surface area contributed by atoms with E-state index in [1.54, 1.807) is 24.8 Å². The molecule has 2 aliphatic heterocycles. The van der Waals surface area contributed by atoms with Gasteiger partial charge in [0.1, 0.15) is 35.3 Å². The molecule has 0 saturated carbocycles. The molecule has 4 bridgehead atoms. The molecule has 6 rings (SSSR count). The Morgan fingerprint density at radius 1 is 1.04 bits per heavy atom. The van der Waals surface area contributed by atoms with E-state index in [2.05, 4.69) is 5.32 Å². The van der Waals surface area contributed by atoms with Gasteiger partial charge in [0.2, 0.25) is 5.91 Å². The van der Waals surface area contributed by atoms with E-state index in [1.807, 2.05) is 6.07 Å². The molecule has 4 aromatic rings. The first-order valence-corrected chi connectivity index (χ1v) is 17.0. The average Bonchev–Trinajstić information content (AvgIpc) is 3.09. The molecular weight excluding hydrogens is 718 g/mol. The molecule has 1 N–H and O–H groups in total. The zero-order chi connectivity index (χ0) is 39.1. The lowest BCUT2D eigenvalue weighted by Crippen LogP contribution is -2.49. The number of amides is 1. The lowest BCUT2D eigenvalue weighted by atomic mass is 9.91. The number of halogens is 6. The maximum absolute atomic E-state index is 16.2. The lowest BCUT2D eigenvalue weighted by molar-refractivity contribution is -0.144. The van der Waals surface area contributed by atoms with Gasteiger partial charge in [0.25, 0.3) is 5.56 Å². The fourth-order valence-corrected chi connectivity index (χ4v) is 6.90. The topological polar surface area (TPSA) is 114 Å². The third-order valence-corrected chi connectivity index (χ3v) is 9.46. The number of nitrogens with one attached hydrogen (secondary N) is 1. The standard InChI is InChI=1S/C39H34F6N4O5/c1-4-53-34(51)15-31-28-12-24(10-21(3)36(28)42)35-20(2)9-22(16-46)11-32(35)54-26-5-6-30(41)27(13-26)37(38(52)47-31)49-17-23(7-8-48-18-25(40)19-48)29(14-33(49)50)39(43,44)45/h5-6,9-14,17,25,31,37H,4,7-8,15,18-19H2,1-3H3,(H,47,52)/t31-,37-/m0/s1. The molecule has 1 aromatic heterocycles. The number of carbonyl (C=O) groups excluding carboxylic acids is 2. The SMILES string of the molecule is CCOC(=O)C[C@@H]1NC(=O)[C@@H](n2cc(CCN3CC(F)C3)c(C(F)(F)F)cc2=O)c2cc(ccc2F)Oc2cc(C#N)cc(C)c2-c2cc(C)c(F)c1c2. The van der Waals surface area contributed by atoms with Gasteiger partial charge >= 0.3 is 12.1 Å². The number of aryl methyl sites for hydroxylation is 2. The van der Waals surface area contributed by atoms with Crippen molar-refractivity contribution < 1.29 is 45.4 Å². The Labute approximate surface area is 305 Å². The van der Waals surface area contributed by atoms with Crippen LogP contribution in [0.1, 0.15) is 64.4 Å². The summed E-state index contributed by atoms with van der Waals surface area (Å²) in [5, 5.41) is 12.3. The largest absolute Gasteiger partial charge is 0.466 e. The molecule has 282 valence electrons. The van der Waals surface area contributed by atoms with Crippen LogP contribution in [-0.4, -0.2) is 53.8 Å². The highest BCUT2D eigenvalue weighted by atomic mass is 19.4. The number of alkyl halides is 4. The monoisotopic (exact) mass is 752 g/mol. The van der Waals surface area contributed by atoms with Gasteiger partial charge in [-0.25, -0.2) is 13.2 Å². The number of esters is 1. The number of carbonyl (C=O) groups is 2. The number of hydrogen-bond acceptors (Lipinski definition) is 7. The van der Waals surface area contributed by atoms with E-state index >= 15 is 8.78 Å². The maximum atomic E-state index is 16.2. The van der Waals surface area contributed by atoms with E-state index < -0.39 is 76.6 Å². The van der Waals surface area contributed by atoms with Crippen LogP contribution >= 0.6 is 0 Å². The fraction of sp³-hybridized carbons (Fsp3) is 0.333. The molecule has 2 atom stereocenters. The fourth-order valence-electron chi connectivity index (χ4n) is 6.90. The second-order valence-corrected chi connectivity index (χ2v) is 13.3. The minimum absolute atomic E-state index is 0.00362. The zero-order valence-corrected chi connectivity index (χ0v) is 29.3. The van der Waals surface area contributed by atoms with Gasteiger partial charge in [-0.1, -0.05) is 0 Å². The molecule has 3 aromatic carbocycles. The van der Waals surface area contributed by atoms with E-state index in [-0.39, 0.29) is 60.9 Å². The molecule has 0 spiro atoms. The van der Waals surface area contributed by atoms with Crippen LogP contribution in [0.2, 0.25) is 0 Å². The van der Waals surface area contributed by atoms with Crippen molar-refractivity contribution in [3.05, 3.63) is 116 Å². The van der Waals surface area contributed by atoms with Crippen molar-refractivity contribution in [1.82, 2.24) is 14.8 Å². The van der Waals surface area contributed by atoms with Crippen LogP contribution in [0.3, 0.4) is 0 Å². The first-order chi connectivity index (χ1) is 25.6. The second-order valence-electron chi connectivity index (χ2n) is 13.3. The molecule has 1 saturated heterocycles. The number of fused-ring (bicyclic) bond motifs is 6. The van der Waals surface area contributed by atoms with Gasteiger partial charge in [-0.15, -0.1) is 0 Å². The minimum Gasteiger partial charge on any atom is -0.466 e. The van der Waals surface area contributed by atoms with Crippen molar-refractivity contribution in [2.45, 2.75) is 58.0 Å². The molecule has 54 heavy (non-hydrogen) atoms. The van der Waals surface area contributed by atoms with Crippen molar-refractivity contribution in [2.24, 2.45) is 0 Å². The van der Waals surface area contributed by atoms with Gasteiger partial charge in [0.15, 0.2) is 0 Å². The molecule has 1 amide bonds. The third kappa shape index (κ3) is 7.70. The van der Waals surface area contributed by atoms with E-state index in [4.69, 9.17) is 9.47 Å². The van der Waals surface area contributed by atoms with E-state index in [0.29, 0.717) is 27.3 Å². The van der Waals surface area contributed by atoms with Crippen LogP contribution in [0.25, 0.3) is 11.1 Å². The van der Waals surface area contributed by atoms with E-state index in [9.17, 15) is 37.2 Å². The number of hydrogen-bond donors (Lipinski definition) is 1. The van der Waals surface area contributed by atoms with Crippen LogP contribution in [-0.2, 0) is 26.9 Å². The maximum Gasteiger partial charge on any atom is 0.416 e. The summed E-state index contributed by atoms with van der Waals surface area (Å²) < 4.78 is 100. The predicted molar refractivity (Wildman–Crippen MR) is 184 cm³/mol. The highest BCUT2D eigenvalue weighted by molar-refractivity contribution is 5.85. The summed E-state index contributed by atoms with van der Waals surface area (Å²) in [6, 6.07) is 7.99. The number of rotatable bonds is 7. The summed E-state index contributed by atoms with van der Waals surface area (Å²) >= 11 is 0. The summed E-state index contributed by atoms with van der Waals surface area (Å²) in [7, 11) is 0. The Kier molecular flexibility index (Phi) is 10.6. The van der Waals surface area contributed by atoms with Crippen LogP contribution in [0, 0.1) is 36.8 Å². The highest BCUT2D eigenvalue weighted by Crippen LogP contribution is 2.41. The number of pyridine rings is 1. The zero-order valence-electron chi connectivity index (χ0n) is 29.3. The average molecular weight is 753 g/mol. The van der Waals surface area contributed by atoms with Gasteiger partial charge in [-0.2, -0.15) is 18.4 Å². The van der Waals surface area contributed by atoms with Crippen molar-refractivity contribution in [2.75, 3.05) is 26.2 Å². The first kappa shape index (κ1) is 38.1. The van der Waals surface area contributed by atoms with E-state index in [0.717, 1.165) is 18.3 Å². The Morgan fingerprint density at radius 2 is 1.78 bits per heavy atom. The Balaban J connectivity index is 1.60. The lowest BCUT2D eigenvalue weighted by Gasteiger charge is -2.34. The highest BCUT2D eigenvalue weighted by Gasteiger charge is 2.38. The molecule has 2 aliphatic rings. The van der Waals surface area contributed by atoms with Gasteiger partial charge in [0, 0.05) is 48.6 Å². The summed E-state index contributed by atoms with van der Waals surface area (Å²) in [6.07, 6.45) is -6.22. The molecule has 1 fully saturated rings. The van der Waals surface area contributed by atoms with Gasteiger partial charge in [-0.3, -0.25) is 23.9 Å². The minimum atomic E-state index is -4.99. The molecular formula is C39H34F6N4O5. The van der Waals surface area contributed by atoms with Crippen molar-refractivity contribution in [1.29, 1.82) is 5.26 Å². The molecule has 0 aliphatic carbocycles. The van der Waals surface area contributed by atoms with E-state index in [1.165, 1.54) is 31.2 Å². The number of ether oxygens (including phenoxy) is 2. The van der Waals surface area contributed by atoms with Crippen molar-refractivity contribution in [3.63, 3.8) is 0 Å². The van der Waals surface area contributed by atoms with Crippen LogP contribution in [0.4, 0.5) is 26.3 Å². The van der Waals surface area contributed by atoms with Gasteiger partial charge < -0.3 is 14.8 Å². The molecule has 9 nitrogen and oxygen atoms in total. The number of aromatic nitrogens is 1. The second kappa shape index (κ2) is 15.0. The molecule has 3 heterocycles. The number of nitriles is 1. The number of nitrogens with zero attached hydrogens (tertiary/aromatic N) is 3. The third-order valence-electron chi connectivity index (χ3n) is 9.46. The van der Waals surface area contributed by atoms with Gasteiger partial charge in [0.05, 0.1) is 36.3 Å². The van der Waals surface area contributed by atoms with Crippen molar-refractivity contribution in [3.8, 4) is 28.7 Å². The first-order valence-electron chi connectivity index (χ1n) is 17.0. The normalized spacial score (nSPS) is 17.4. The van der Waals surface area contributed by atoms with Crippen LogP contribution in [0.5, 0.6) is 11.5 Å². The Hall–Kier alpha value is -5.62. The number of likely N-dealkylation sites (tertiary alicyclic amines) is 1. The quantitative estimate of drug-likeness (QED) is 0.160. The van der Waals surface area contributed by atoms with Crippen molar-refractivity contribution >= 4 is 11.9 Å². The molecule has 0 radical (unpaired) electrons. The number of benzene rings is 3. The Bertz CT molecular complexity index is 2240. The summed E-state index contributed by atoms with van der Waals surface area (Å²) in [5.74, 6) is -3.84. The molecule has 15 heteroatoms. The summed E-state index contributed by atoms with van der Waals surface area (Å²) in [6.45, 7) is 4.66. The van der Waals surface area contributed by atoms with Crippen LogP contribution in [0.15, 0.2) is 59.5 Å². The summed E-state index contributed by atoms with van der Waals surface area (Å²) in [4.78, 5) is 42.6. The van der Waals surface area contributed by atoms with Gasteiger partial charge in [-0.05, 0) is 91.9 Å². The van der Waals surface area contributed by atoms with Crippen LogP contribution < -0.4 is 15.6 Å². The predicted octanol–water partition coefficient (Wildman–Crippen LogP) is 7.00. The Morgan fingerprint density at radius 3 is 2.44 bits per heavy atom.